The van der Waals surface area contributed by atoms with Crippen molar-refractivity contribution in [3.05, 3.63) is 28.2 Å². The second-order valence-corrected chi connectivity index (χ2v) is 5.32. The fraction of sp³-hybridized carbons (Fsp3) is 0.429. The Bertz CT molecular complexity index is 491. The van der Waals surface area contributed by atoms with E-state index in [4.69, 9.17) is 4.74 Å². The quantitative estimate of drug-likeness (QED) is 0.856. The summed E-state index contributed by atoms with van der Waals surface area (Å²) in [6.07, 6.45) is 0.285. The third-order valence-corrected chi connectivity index (χ3v) is 3.44. The molecule has 0 fully saturated rings. The minimum absolute atomic E-state index is 0.0497. The Kier molecular flexibility index (Phi) is 6.51. The highest BCUT2D eigenvalue weighted by atomic mass is 79.9. The molecule has 1 N–H and O–H groups in total. The predicted molar refractivity (Wildman–Crippen MR) is 80.7 cm³/mol. The van der Waals surface area contributed by atoms with E-state index in [0.29, 0.717) is 12.3 Å². The second kappa shape index (κ2) is 7.89. The Hall–Kier alpha value is -1.56. The van der Waals surface area contributed by atoms with Crippen molar-refractivity contribution in [2.75, 3.05) is 27.2 Å². The van der Waals surface area contributed by atoms with Crippen LogP contribution in [0.3, 0.4) is 0 Å². The number of ether oxygens (including phenoxy) is 1. The first-order valence-electron chi connectivity index (χ1n) is 6.27. The average Bonchev–Trinajstić information content (AvgIpc) is 2.42. The average molecular weight is 343 g/mol. The number of aryl methyl sites for hydroxylation is 1. The van der Waals surface area contributed by atoms with Crippen LogP contribution in [-0.2, 0) is 9.59 Å². The van der Waals surface area contributed by atoms with E-state index in [9.17, 15) is 9.59 Å². The molecule has 0 aromatic heterocycles. The van der Waals surface area contributed by atoms with E-state index in [1.165, 1.54) is 4.90 Å². The molecule has 0 unspecified atom stereocenters. The third-order valence-electron chi connectivity index (χ3n) is 2.82. The van der Waals surface area contributed by atoms with Gasteiger partial charge in [0.15, 0.2) is 6.61 Å². The van der Waals surface area contributed by atoms with Gasteiger partial charge in [-0.1, -0.05) is 6.07 Å². The zero-order chi connectivity index (χ0) is 15.1. The lowest BCUT2D eigenvalue weighted by molar-refractivity contribution is -0.132. The van der Waals surface area contributed by atoms with Crippen molar-refractivity contribution in [1.82, 2.24) is 10.2 Å². The van der Waals surface area contributed by atoms with Crippen LogP contribution in [0.5, 0.6) is 5.75 Å². The van der Waals surface area contributed by atoms with Gasteiger partial charge >= 0.3 is 0 Å². The number of carbonyl (C=O) groups is 2. The number of likely N-dealkylation sites (N-methyl/N-ethyl adjacent to an activating group) is 1. The number of carbonyl (C=O) groups excluding carboxylic acids is 2. The first kappa shape index (κ1) is 16.5. The van der Waals surface area contributed by atoms with Crippen molar-refractivity contribution in [2.45, 2.75) is 13.3 Å². The van der Waals surface area contributed by atoms with Gasteiger partial charge in [-0.3, -0.25) is 9.59 Å². The Morgan fingerprint density at radius 3 is 2.70 bits per heavy atom. The Balaban J connectivity index is 2.44. The molecule has 6 heteroatoms. The summed E-state index contributed by atoms with van der Waals surface area (Å²) >= 11 is 3.39. The van der Waals surface area contributed by atoms with E-state index in [-0.39, 0.29) is 24.8 Å². The molecule has 0 aliphatic carbocycles. The molecular formula is C14H19BrN2O3. The number of hydrogen-bond acceptors (Lipinski definition) is 3. The van der Waals surface area contributed by atoms with Crippen molar-refractivity contribution in [1.29, 1.82) is 0 Å². The molecule has 0 atom stereocenters. The van der Waals surface area contributed by atoms with Crippen molar-refractivity contribution in [2.24, 2.45) is 0 Å². The van der Waals surface area contributed by atoms with Crippen LogP contribution < -0.4 is 10.1 Å². The molecule has 0 aliphatic rings. The highest BCUT2D eigenvalue weighted by molar-refractivity contribution is 9.10. The fourth-order valence-electron chi connectivity index (χ4n) is 1.49. The number of benzene rings is 1. The van der Waals surface area contributed by atoms with E-state index in [1.54, 1.807) is 14.1 Å². The highest BCUT2D eigenvalue weighted by Crippen LogP contribution is 2.25. The summed E-state index contributed by atoms with van der Waals surface area (Å²) in [6.45, 7) is 2.30. The maximum atomic E-state index is 11.8. The highest BCUT2D eigenvalue weighted by Gasteiger charge is 2.12. The van der Waals surface area contributed by atoms with Gasteiger partial charge in [0.05, 0.1) is 4.47 Å². The zero-order valence-corrected chi connectivity index (χ0v) is 13.5. The summed E-state index contributed by atoms with van der Waals surface area (Å²) in [5.74, 6) is 0.372. The molecule has 0 saturated heterocycles. The first-order chi connectivity index (χ1) is 9.43. The monoisotopic (exact) mass is 342 g/mol. The van der Waals surface area contributed by atoms with Crippen LogP contribution >= 0.6 is 15.9 Å². The summed E-state index contributed by atoms with van der Waals surface area (Å²) in [5.41, 5.74) is 1.11. The topological polar surface area (TPSA) is 58.6 Å². The molecule has 0 heterocycles. The molecule has 0 bridgehead atoms. The molecule has 1 rings (SSSR count). The number of nitrogens with zero attached hydrogens (tertiary/aromatic N) is 1. The Morgan fingerprint density at radius 1 is 1.40 bits per heavy atom. The number of amides is 2. The predicted octanol–water partition coefficient (Wildman–Crippen LogP) is 1.73. The van der Waals surface area contributed by atoms with Crippen molar-refractivity contribution in [3.8, 4) is 5.75 Å². The van der Waals surface area contributed by atoms with E-state index in [1.807, 2.05) is 25.1 Å². The molecule has 0 saturated carbocycles. The molecule has 110 valence electrons. The van der Waals surface area contributed by atoms with Crippen LogP contribution in [0, 0.1) is 6.92 Å². The molecular weight excluding hydrogens is 324 g/mol. The van der Waals surface area contributed by atoms with E-state index >= 15 is 0 Å². The lowest BCUT2D eigenvalue weighted by Crippen LogP contribution is -2.34. The van der Waals surface area contributed by atoms with Gasteiger partial charge in [-0.05, 0) is 40.5 Å². The standard InChI is InChI=1S/C14H19BrN2O3/c1-10-4-5-12(11(15)8-10)20-9-14(19)17(3)7-6-13(18)16-2/h4-5,8H,6-7,9H2,1-3H3,(H,16,18). The van der Waals surface area contributed by atoms with E-state index < -0.39 is 0 Å². The largest absolute Gasteiger partial charge is 0.483 e. The SMILES string of the molecule is CNC(=O)CCN(C)C(=O)COc1ccc(C)cc1Br. The minimum atomic E-state index is -0.165. The van der Waals surface area contributed by atoms with Crippen LogP contribution in [0.25, 0.3) is 0 Å². The molecule has 20 heavy (non-hydrogen) atoms. The van der Waals surface area contributed by atoms with Crippen molar-refractivity contribution in [3.63, 3.8) is 0 Å². The van der Waals surface area contributed by atoms with Crippen LogP contribution in [0.1, 0.15) is 12.0 Å². The number of nitrogens with one attached hydrogen (secondary N) is 1. The number of halogens is 1. The van der Waals surface area contributed by atoms with Gasteiger partial charge in [-0.15, -0.1) is 0 Å². The lowest BCUT2D eigenvalue weighted by atomic mass is 10.2. The van der Waals surface area contributed by atoms with Gasteiger partial charge in [0.2, 0.25) is 5.91 Å². The van der Waals surface area contributed by atoms with Crippen LogP contribution in [0.2, 0.25) is 0 Å². The molecule has 0 radical (unpaired) electrons. The number of rotatable bonds is 6. The Morgan fingerprint density at radius 2 is 2.10 bits per heavy atom. The van der Waals surface area contributed by atoms with Crippen molar-refractivity contribution >= 4 is 27.7 Å². The lowest BCUT2D eigenvalue weighted by Gasteiger charge is -2.17. The van der Waals surface area contributed by atoms with Gasteiger partial charge in [-0.25, -0.2) is 0 Å². The van der Waals surface area contributed by atoms with Crippen LogP contribution in [0.15, 0.2) is 22.7 Å². The van der Waals surface area contributed by atoms with Gasteiger partial charge in [0, 0.05) is 27.1 Å². The first-order valence-corrected chi connectivity index (χ1v) is 7.07. The third kappa shape index (κ3) is 5.21. The van der Waals surface area contributed by atoms with Crippen LogP contribution in [0.4, 0.5) is 0 Å². The Labute approximate surface area is 127 Å². The summed E-state index contributed by atoms with van der Waals surface area (Å²) in [6, 6.07) is 5.66. The summed E-state index contributed by atoms with van der Waals surface area (Å²) in [7, 11) is 3.22. The van der Waals surface area contributed by atoms with Crippen molar-refractivity contribution < 1.29 is 14.3 Å². The molecule has 5 nitrogen and oxygen atoms in total. The normalized spacial score (nSPS) is 10.0. The molecule has 1 aromatic rings. The molecule has 0 spiro atoms. The van der Waals surface area contributed by atoms with Gasteiger partial charge in [0.1, 0.15) is 5.75 Å². The maximum Gasteiger partial charge on any atom is 0.260 e. The summed E-state index contributed by atoms with van der Waals surface area (Å²) in [5, 5.41) is 2.52. The van der Waals surface area contributed by atoms with Gasteiger partial charge in [-0.2, -0.15) is 0 Å². The summed E-state index contributed by atoms with van der Waals surface area (Å²) < 4.78 is 6.29. The summed E-state index contributed by atoms with van der Waals surface area (Å²) in [4.78, 5) is 24.4. The van der Waals surface area contributed by atoms with E-state index in [0.717, 1.165) is 10.0 Å². The fourth-order valence-corrected chi connectivity index (χ4v) is 2.10. The molecule has 0 aliphatic heterocycles. The number of hydrogen-bond donors (Lipinski definition) is 1. The van der Waals surface area contributed by atoms with Crippen LogP contribution in [-0.4, -0.2) is 44.0 Å². The van der Waals surface area contributed by atoms with Gasteiger partial charge < -0.3 is 15.0 Å². The smallest absolute Gasteiger partial charge is 0.260 e. The van der Waals surface area contributed by atoms with E-state index in [2.05, 4.69) is 21.2 Å². The molecule has 1 aromatic carbocycles. The maximum absolute atomic E-state index is 11.8. The zero-order valence-electron chi connectivity index (χ0n) is 11.9. The minimum Gasteiger partial charge on any atom is -0.483 e. The second-order valence-electron chi connectivity index (χ2n) is 4.46. The van der Waals surface area contributed by atoms with Gasteiger partial charge in [0.25, 0.3) is 5.91 Å². The molecule has 2 amide bonds.